The van der Waals surface area contributed by atoms with Crippen LogP contribution in [0, 0.1) is 17.2 Å². The first-order valence-electron chi connectivity index (χ1n) is 18.8. The number of nitriles is 1. The molecular formula is C46H41N5O11. The van der Waals surface area contributed by atoms with Crippen LogP contribution in [0.25, 0.3) is 6.08 Å². The number of nitrogens with zero attached hydrogens (tertiary/aromatic N) is 2. The van der Waals surface area contributed by atoms with Crippen LogP contribution in [0.1, 0.15) is 79.4 Å². The van der Waals surface area contributed by atoms with Crippen LogP contribution in [0.2, 0.25) is 0 Å². The molecular weight excluding hydrogens is 799 g/mol. The van der Waals surface area contributed by atoms with Crippen molar-refractivity contribution < 1.29 is 53.6 Å². The van der Waals surface area contributed by atoms with E-state index in [0.29, 0.717) is 16.7 Å². The number of rotatable bonds is 17. The SMILES string of the molecule is COc1c(NC(=O)c2ccc(NC(=O)c3ccc(NC(=O)[C@H](CC#N)CC(=O)c4ccc(CC(=O)/C(C)=C/c5ccc(O)cc5)cc4)cn3)c(OC)c2O)ccc(C(C)=O)c1O. The molecule has 0 unspecified atom stereocenters. The van der Waals surface area contributed by atoms with Gasteiger partial charge in [-0.3, -0.25) is 28.8 Å². The lowest BCUT2D eigenvalue weighted by molar-refractivity contribution is -0.119. The molecule has 6 N–H and O–H groups in total. The lowest BCUT2D eigenvalue weighted by atomic mass is 9.94. The van der Waals surface area contributed by atoms with Crippen molar-refractivity contribution in [3.05, 3.63) is 130 Å². The molecule has 0 aliphatic heterocycles. The molecule has 16 nitrogen and oxygen atoms in total. The van der Waals surface area contributed by atoms with Gasteiger partial charge in [0.2, 0.25) is 5.91 Å². The van der Waals surface area contributed by atoms with E-state index in [1.165, 1.54) is 75.9 Å². The molecule has 0 aliphatic carbocycles. The van der Waals surface area contributed by atoms with E-state index in [2.05, 4.69) is 20.9 Å². The van der Waals surface area contributed by atoms with Crippen LogP contribution in [0.5, 0.6) is 28.7 Å². The number of anilines is 3. The first-order chi connectivity index (χ1) is 29.6. The van der Waals surface area contributed by atoms with E-state index in [1.807, 2.05) is 6.07 Å². The summed E-state index contributed by atoms with van der Waals surface area (Å²) in [6.07, 6.45) is 2.48. The normalized spacial score (nSPS) is 11.4. The number of allylic oxidation sites excluding steroid dienone is 1. The van der Waals surface area contributed by atoms with Gasteiger partial charge < -0.3 is 40.7 Å². The number of phenols is 3. The Morgan fingerprint density at radius 3 is 1.90 bits per heavy atom. The summed E-state index contributed by atoms with van der Waals surface area (Å²) < 4.78 is 10.5. The number of carbonyl (C=O) groups is 6. The third-order valence-electron chi connectivity index (χ3n) is 9.55. The number of hydrogen-bond donors (Lipinski definition) is 6. The number of ether oxygens (including phenoxy) is 2. The van der Waals surface area contributed by atoms with Gasteiger partial charge in [-0.05, 0) is 85.2 Å². The Hall–Kier alpha value is -8.32. The number of pyridine rings is 1. The van der Waals surface area contributed by atoms with Gasteiger partial charge in [-0.2, -0.15) is 5.26 Å². The van der Waals surface area contributed by atoms with Crippen LogP contribution >= 0.6 is 0 Å². The average Bonchev–Trinajstić information content (AvgIpc) is 3.24. The van der Waals surface area contributed by atoms with Crippen molar-refractivity contribution in [3.63, 3.8) is 0 Å². The van der Waals surface area contributed by atoms with Crippen LogP contribution in [0.4, 0.5) is 17.1 Å². The van der Waals surface area contributed by atoms with Crippen molar-refractivity contribution in [1.82, 2.24) is 4.98 Å². The molecule has 1 heterocycles. The molecule has 5 aromatic rings. The highest BCUT2D eigenvalue weighted by atomic mass is 16.5. The Morgan fingerprint density at radius 1 is 0.742 bits per heavy atom. The number of ketones is 3. The van der Waals surface area contributed by atoms with Gasteiger partial charge >= 0.3 is 0 Å². The smallest absolute Gasteiger partial charge is 0.274 e. The highest BCUT2D eigenvalue weighted by molar-refractivity contribution is 6.10. The van der Waals surface area contributed by atoms with Gasteiger partial charge in [0.15, 0.2) is 40.3 Å². The number of Topliss-reactive ketones (excluding diaryl/α,β-unsaturated/α-hetero) is 3. The summed E-state index contributed by atoms with van der Waals surface area (Å²) in [4.78, 5) is 81.4. The standard InChI is InChI=1S/C46H41N5O11/c1-25(21-27-7-12-32(53)13-8-27)38(54)22-28-5-9-29(10-6-28)39(55)23-30(19-20-47)44(58)49-31-11-16-37(48-24-31)46(60)51-36-18-15-34(41(57)43(36)62-4)45(59)50-35-17-14-33(26(2)52)40(56)42(35)61-3/h5-18,21,24,30,53,56-57H,19,22-23H2,1-4H3,(H,49,58)(H,50,59)(H,51,60)/b25-21+/t30-/m1/s1. The Bertz CT molecular complexity index is 2610. The van der Waals surface area contributed by atoms with Crippen LogP contribution in [-0.4, -0.2) is 69.6 Å². The molecule has 5 rings (SSSR count). The topological polar surface area (TPSA) is 254 Å². The summed E-state index contributed by atoms with van der Waals surface area (Å²) in [6.45, 7) is 2.95. The van der Waals surface area contributed by atoms with Gasteiger partial charge in [0.25, 0.3) is 11.8 Å². The van der Waals surface area contributed by atoms with E-state index in [4.69, 9.17) is 9.47 Å². The van der Waals surface area contributed by atoms with E-state index >= 15 is 0 Å². The zero-order chi connectivity index (χ0) is 45.1. The highest BCUT2D eigenvalue weighted by Gasteiger charge is 2.25. The van der Waals surface area contributed by atoms with E-state index in [-0.39, 0.29) is 82.0 Å². The number of aromatic nitrogens is 1. The lowest BCUT2D eigenvalue weighted by Gasteiger charge is -2.16. The van der Waals surface area contributed by atoms with E-state index in [0.717, 1.165) is 5.56 Å². The molecule has 0 saturated carbocycles. The van der Waals surface area contributed by atoms with Crippen molar-refractivity contribution >= 4 is 58.2 Å². The predicted octanol–water partition coefficient (Wildman–Crippen LogP) is 6.88. The number of benzene rings is 4. The molecule has 16 heteroatoms. The van der Waals surface area contributed by atoms with E-state index in [9.17, 15) is 49.3 Å². The quantitative estimate of drug-likeness (QED) is 0.0413. The van der Waals surface area contributed by atoms with Crippen molar-refractivity contribution in [2.75, 3.05) is 30.2 Å². The zero-order valence-corrected chi connectivity index (χ0v) is 33.9. The fourth-order valence-corrected chi connectivity index (χ4v) is 6.19. The van der Waals surface area contributed by atoms with Gasteiger partial charge in [-0.1, -0.05) is 36.4 Å². The second-order valence-corrected chi connectivity index (χ2v) is 13.9. The molecule has 1 aromatic heterocycles. The third kappa shape index (κ3) is 10.8. The van der Waals surface area contributed by atoms with Gasteiger partial charge in [0, 0.05) is 24.8 Å². The number of carbonyl (C=O) groups excluding carboxylic acids is 6. The van der Waals surface area contributed by atoms with E-state index in [1.54, 1.807) is 49.4 Å². The predicted molar refractivity (Wildman–Crippen MR) is 228 cm³/mol. The minimum Gasteiger partial charge on any atom is -0.508 e. The largest absolute Gasteiger partial charge is 0.508 e. The summed E-state index contributed by atoms with van der Waals surface area (Å²) in [6, 6.07) is 22.7. The number of phenolic OH excluding ortho intramolecular Hbond substituents is 3. The molecule has 62 heavy (non-hydrogen) atoms. The number of nitrogens with one attached hydrogen (secondary N) is 3. The van der Waals surface area contributed by atoms with Crippen LogP contribution in [0.15, 0.2) is 96.7 Å². The summed E-state index contributed by atoms with van der Waals surface area (Å²) >= 11 is 0. The third-order valence-corrected chi connectivity index (χ3v) is 9.55. The summed E-state index contributed by atoms with van der Waals surface area (Å²) in [5.41, 5.74) is 2.04. The lowest BCUT2D eigenvalue weighted by Crippen LogP contribution is -2.25. The maximum atomic E-state index is 13.2. The maximum Gasteiger partial charge on any atom is 0.274 e. The van der Waals surface area contributed by atoms with Crippen molar-refractivity contribution in [2.45, 2.75) is 33.1 Å². The van der Waals surface area contributed by atoms with Crippen molar-refractivity contribution in [1.29, 1.82) is 5.26 Å². The molecule has 0 aliphatic rings. The van der Waals surface area contributed by atoms with Gasteiger partial charge in [-0.25, -0.2) is 4.98 Å². The molecule has 0 radical (unpaired) electrons. The molecule has 4 aromatic carbocycles. The fraction of sp³-hybridized carbons (Fsp3) is 0.174. The number of aromatic hydroxyl groups is 3. The Morgan fingerprint density at radius 2 is 1.34 bits per heavy atom. The van der Waals surface area contributed by atoms with Crippen molar-refractivity contribution in [2.24, 2.45) is 5.92 Å². The first kappa shape index (κ1) is 44.8. The molecule has 0 bridgehead atoms. The molecule has 0 spiro atoms. The number of methoxy groups -OCH3 is 2. The van der Waals surface area contributed by atoms with Crippen molar-refractivity contribution in [3.8, 4) is 34.8 Å². The Balaban J connectivity index is 1.18. The van der Waals surface area contributed by atoms with Gasteiger partial charge in [0.05, 0.1) is 60.6 Å². The highest BCUT2D eigenvalue weighted by Crippen LogP contribution is 2.40. The molecule has 3 amide bonds. The van der Waals surface area contributed by atoms with E-state index < -0.39 is 40.9 Å². The summed E-state index contributed by atoms with van der Waals surface area (Å²) in [7, 11) is 2.45. The maximum absolute atomic E-state index is 13.2. The molecule has 0 saturated heterocycles. The number of amides is 3. The molecule has 316 valence electrons. The fourth-order valence-electron chi connectivity index (χ4n) is 6.19. The average molecular weight is 840 g/mol. The van der Waals surface area contributed by atoms with Crippen LogP contribution in [-0.2, 0) is 16.0 Å². The minimum absolute atomic E-state index is 0.0110. The summed E-state index contributed by atoms with van der Waals surface area (Å²) in [5, 5.41) is 47.9. The minimum atomic E-state index is -1.02. The Kier molecular flexibility index (Phi) is 14.5. The van der Waals surface area contributed by atoms with Crippen LogP contribution in [0.3, 0.4) is 0 Å². The zero-order valence-electron chi connectivity index (χ0n) is 33.9. The second kappa shape index (κ2) is 20.1. The summed E-state index contributed by atoms with van der Waals surface area (Å²) in [5.74, 6) is -5.56. The molecule has 0 fully saturated rings. The second-order valence-electron chi connectivity index (χ2n) is 13.9. The monoisotopic (exact) mass is 839 g/mol. The Labute approximate surface area is 355 Å². The van der Waals surface area contributed by atoms with Crippen LogP contribution < -0.4 is 25.4 Å². The van der Waals surface area contributed by atoms with Gasteiger partial charge in [-0.15, -0.1) is 0 Å². The molecule has 1 atom stereocenters. The first-order valence-corrected chi connectivity index (χ1v) is 18.8. The number of hydrogen-bond acceptors (Lipinski definition) is 13. The van der Waals surface area contributed by atoms with Gasteiger partial charge in [0.1, 0.15) is 11.4 Å².